The van der Waals surface area contributed by atoms with Gasteiger partial charge in [0.2, 0.25) is 0 Å². The van der Waals surface area contributed by atoms with Crippen molar-refractivity contribution in [1.29, 1.82) is 0 Å². The van der Waals surface area contributed by atoms with Gasteiger partial charge in [-0.2, -0.15) is 0 Å². The number of carbonyl (C=O) groups is 1. The van der Waals surface area contributed by atoms with Crippen molar-refractivity contribution in [3.05, 3.63) is 29.6 Å². The summed E-state index contributed by atoms with van der Waals surface area (Å²) >= 11 is 0. The quantitative estimate of drug-likeness (QED) is 0.777. The first-order chi connectivity index (χ1) is 7.81. The molecule has 0 aliphatic carbocycles. The monoisotopic (exact) mass is 219 g/mol. The van der Waals surface area contributed by atoms with Crippen LogP contribution in [0.25, 0.3) is 0 Å². The number of nitrogens with one attached hydrogen (secondary N) is 2. The van der Waals surface area contributed by atoms with E-state index in [0.29, 0.717) is 11.5 Å². The molecule has 2 heterocycles. The van der Waals surface area contributed by atoms with E-state index >= 15 is 0 Å². The van der Waals surface area contributed by atoms with Gasteiger partial charge in [-0.25, -0.2) is 0 Å². The first kappa shape index (κ1) is 11.1. The van der Waals surface area contributed by atoms with Gasteiger partial charge in [0.1, 0.15) is 0 Å². The molecule has 1 fully saturated rings. The van der Waals surface area contributed by atoms with Gasteiger partial charge in [-0.1, -0.05) is 0 Å². The van der Waals surface area contributed by atoms with Crippen LogP contribution >= 0.6 is 0 Å². The molecule has 0 saturated carbocycles. The van der Waals surface area contributed by atoms with E-state index in [2.05, 4.69) is 15.6 Å². The van der Waals surface area contributed by atoms with Crippen molar-refractivity contribution in [3.63, 3.8) is 0 Å². The standard InChI is InChI=1S/C12H17N3O/c1-13-12(16)10-4-5-11(15-8-10)9-3-2-6-14-7-9/h4-5,8-9,14H,2-3,6-7H2,1H3,(H,13,16). The number of hydrogen-bond donors (Lipinski definition) is 2. The molecule has 1 saturated heterocycles. The Bertz CT molecular complexity index is 355. The van der Waals surface area contributed by atoms with Crippen LogP contribution in [0, 0.1) is 0 Å². The number of hydrogen-bond acceptors (Lipinski definition) is 3. The smallest absolute Gasteiger partial charge is 0.252 e. The molecule has 86 valence electrons. The van der Waals surface area contributed by atoms with Crippen LogP contribution in [0.1, 0.15) is 34.8 Å². The summed E-state index contributed by atoms with van der Waals surface area (Å²) < 4.78 is 0. The maximum absolute atomic E-state index is 11.3. The molecule has 4 heteroatoms. The van der Waals surface area contributed by atoms with Crippen molar-refractivity contribution >= 4 is 5.91 Å². The molecule has 1 aromatic rings. The van der Waals surface area contributed by atoms with Crippen molar-refractivity contribution in [1.82, 2.24) is 15.6 Å². The molecular formula is C12H17N3O. The third-order valence-electron chi connectivity index (χ3n) is 2.99. The highest BCUT2D eigenvalue weighted by Crippen LogP contribution is 2.21. The molecule has 4 nitrogen and oxygen atoms in total. The highest BCUT2D eigenvalue weighted by molar-refractivity contribution is 5.93. The van der Waals surface area contributed by atoms with Crippen LogP contribution in [-0.4, -0.2) is 31.0 Å². The van der Waals surface area contributed by atoms with E-state index in [4.69, 9.17) is 0 Å². The molecule has 1 amide bonds. The summed E-state index contributed by atoms with van der Waals surface area (Å²) in [5, 5.41) is 5.95. The second-order valence-corrected chi connectivity index (χ2v) is 4.09. The van der Waals surface area contributed by atoms with Crippen LogP contribution in [0.3, 0.4) is 0 Å². The molecule has 2 N–H and O–H groups in total. The minimum Gasteiger partial charge on any atom is -0.355 e. The molecule has 1 unspecified atom stereocenters. The summed E-state index contributed by atoms with van der Waals surface area (Å²) in [5.41, 5.74) is 1.70. The third-order valence-corrected chi connectivity index (χ3v) is 2.99. The summed E-state index contributed by atoms with van der Waals surface area (Å²) in [4.78, 5) is 15.7. The Morgan fingerprint density at radius 1 is 1.56 bits per heavy atom. The van der Waals surface area contributed by atoms with E-state index in [0.717, 1.165) is 18.8 Å². The number of pyridine rings is 1. The highest BCUT2D eigenvalue weighted by Gasteiger charge is 2.16. The maximum atomic E-state index is 11.3. The predicted octanol–water partition coefficient (Wildman–Crippen LogP) is 0.908. The minimum absolute atomic E-state index is 0.0826. The largest absolute Gasteiger partial charge is 0.355 e. The number of amides is 1. The first-order valence-electron chi connectivity index (χ1n) is 5.70. The normalized spacial score (nSPS) is 20.4. The number of nitrogens with zero attached hydrogens (tertiary/aromatic N) is 1. The van der Waals surface area contributed by atoms with Crippen molar-refractivity contribution in [2.45, 2.75) is 18.8 Å². The van der Waals surface area contributed by atoms with E-state index < -0.39 is 0 Å². The summed E-state index contributed by atoms with van der Waals surface area (Å²) in [6, 6.07) is 3.80. The summed E-state index contributed by atoms with van der Waals surface area (Å²) in [7, 11) is 1.63. The summed E-state index contributed by atoms with van der Waals surface area (Å²) in [6.45, 7) is 2.10. The van der Waals surface area contributed by atoms with Crippen molar-refractivity contribution in [2.24, 2.45) is 0 Å². The third kappa shape index (κ3) is 2.39. The Balaban J connectivity index is 2.09. The average molecular weight is 219 g/mol. The van der Waals surface area contributed by atoms with Gasteiger partial charge in [0.15, 0.2) is 0 Å². The molecule has 2 rings (SSSR count). The number of carbonyl (C=O) groups excluding carboxylic acids is 1. The van der Waals surface area contributed by atoms with E-state index in [1.807, 2.05) is 12.1 Å². The lowest BCUT2D eigenvalue weighted by atomic mass is 9.95. The van der Waals surface area contributed by atoms with E-state index in [9.17, 15) is 4.79 Å². The summed E-state index contributed by atoms with van der Waals surface area (Å²) in [6.07, 6.45) is 4.03. The lowest BCUT2D eigenvalue weighted by Gasteiger charge is -2.22. The van der Waals surface area contributed by atoms with Gasteiger partial charge < -0.3 is 10.6 Å². The van der Waals surface area contributed by atoms with Crippen molar-refractivity contribution in [3.8, 4) is 0 Å². The topological polar surface area (TPSA) is 54.0 Å². The Morgan fingerprint density at radius 3 is 3.00 bits per heavy atom. The fourth-order valence-electron chi connectivity index (χ4n) is 2.03. The van der Waals surface area contributed by atoms with Gasteiger partial charge in [-0.15, -0.1) is 0 Å². The van der Waals surface area contributed by atoms with Gasteiger partial charge in [0.05, 0.1) is 5.56 Å². The van der Waals surface area contributed by atoms with Crippen molar-refractivity contribution < 1.29 is 4.79 Å². The molecule has 0 aromatic carbocycles. The lowest BCUT2D eigenvalue weighted by Crippen LogP contribution is -2.29. The molecule has 0 bridgehead atoms. The van der Waals surface area contributed by atoms with E-state index in [1.54, 1.807) is 13.2 Å². The van der Waals surface area contributed by atoms with Crippen LogP contribution in [0.2, 0.25) is 0 Å². The maximum Gasteiger partial charge on any atom is 0.252 e. The summed E-state index contributed by atoms with van der Waals surface area (Å²) in [5.74, 6) is 0.410. The fourth-order valence-corrected chi connectivity index (χ4v) is 2.03. The highest BCUT2D eigenvalue weighted by atomic mass is 16.1. The lowest BCUT2D eigenvalue weighted by molar-refractivity contribution is 0.0962. The van der Waals surface area contributed by atoms with Crippen LogP contribution in [0.15, 0.2) is 18.3 Å². The second-order valence-electron chi connectivity index (χ2n) is 4.09. The predicted molar refractivity (Wildman–Crippen MR) is 62.5 cm³/mol. The molecule has 1 aliphatic heterocycles. The molecule has 1 aliphatic rings. The Labute approximate surface area is 95.5 Å². The van der Waals surface area contributed by atoms with Crippen LogP contribution in [-0.2, 0) is 0 Å². The SMILES string of the molecule is CNC(=O)c1ccc(C2CCCNC2)nc1. The Morgan fingerprint density at radius 2 is 2.44 bits per heavy atom. The van der Waals surface area contributed by atoms with Crippen LogP contribution in [0.5, 0.6) is 0 Å². The molecule has 1 aromatic heterocycles. The minimum atomic E-state index is -0.0826. The number of aromatic nitrogens is 1. The van der Waals surface area contributed by atoms with Gasteiger partial charge in [-0.05, 0) is 31.5 Å². The van der Waals surface area contributed by atoms with Gasteiger partial charge in [0.25, 0.3) is 5.91 Å². The van der Waals surface area contributed by atoms with Crippen LogP contribution < -0.4 is 10.6 Å². The zero-order chi connectivity index (χ0) is 11.4. The number of rotatable bonds is 2. The van der Waals surface area contributed by atoms with E-state index in [1.165, 1.54) is 12.8 Å². The second kappa shape index (κ2) is 5.07. The molecule has 16 heavy (non-hydrogen) atoms. The van der Waals surface area contributed by atoms with Crippen molar-refractivity contribution in [2.75, 3.05) is 20.1 Å². The molecular weight excluding hydrogens is 202 g/mol. The molecule has 0 radical (unpaired) electrons. The average Bonchev–Trinajstić information content (AvgIpc) is 2.39. The zero-order valence-corrected chi connectivity index (χ0v) is 9.49. The van der Waals surface area contributed by atoms with Gasteiger partial charge >= 0.3 is 0 Å². The first-order valence-corrected chi connectivity index (χ1v) is 5.70. The number of piperidine rings is 1. The fraction of sp³-hybridized carbons (Fsp3) is 0.500. The molecule has 1 atom stereocenters. The van der Waals surface area contributed by atoms with Crippen LogP contribution in [0.4, 0.5) is 0 Å². The van der Waals surface area contributed by atoms with E-state index in [-0.39, 0.29) is 5.91 Å². The Hall–Kier alpha value is -1.42. The Kier molecular flexibility index (Phi) is 3.51. The molecule has 0 spiro atoms. The van der Waals surface area contributed by atoms with Gasteiger partial charge in [0, 0.05) is 31.4 Å². The zero-order valence-electron chi connectivity index (χ0n) is 9.49. The van der Waals surface area contributed by atoms with Gasteiger partial charge in [-0.3, -0.25) is 9.78 Å².